The Kier molecular flexibility index (Phi) is 5.14. The van der Waals surface area contributed by atoms with Crippen molar-refractivity contribution in [3.8, 4) is 11.5 Å². The van der Waals surface area contributed by atoms with Crippen molar-refractivity contribution in [1.29, 1.82) is 0 Å². The molecule has 0 saturated carbocycles. The lowest BCUT2D eigenvalue weighted by atomic mass is 9.96. The molecule has 0 amide bonds. The van der Waals surface area contributed by atoms with Crippen LogP contribution in [-0.4, -0.2) is 47.7 Å². The highest BCUT2D eigenvalue weighted by atomic mass is 16.5. The highest BCUT2D eigenvalue weighted by Crippen LogP contribution is 2.28. The summed E-state index contributed by atoms with van der Waals surface area (Å²) in [7, 11) is 1.67. The molecule has 0 bridgehead atoms. The Hall–Kier alpha value is -2.04. The zero-order valence-corrected chi connectivity index (χ0v) is 15.5. The number of phenols is 1. The minimum Gasteiger partial charge on any atom is -0.508 e. The number of rotatable bonds is 4. The fourth-order valence-corrected chi connectivity index (χ4v) is 4.36. The monoisotopic (exact) mass is 352 g/mol. The van der Waals surface area contributed by atoms with Crippen LogP contribution in [0.4, 0.5) is 0 Å². The Balaban J connectivity index is 1.42. The molecule has 4 nitrogen and oxygen atoms in total. The second-order valence-electron chi connectivity index (χ2n) is 7.51. The average molecular weight is 352 g/mol. The predicted molar refractivity (Wildman–Crippen MR) is 104 cm³/mol. The summed E-state index contributed by atoms with van der Waals surface area (Å²) in [6.45, 7) is 5.17. The highest BCUT2D eigenvalue weighted by molar-refractivity contribution is 5.39. The van der Waals surface area contributed by atoms with Gasteiger partial charge in [-0.1, -0.05) is 24.3 Å². The molecule has 26 heavy (non-hydrogen) atoms. The van der Waals surface area contributed by atoms with Gasteiger partial charge in [0, 0.05) is 37.8 Å². The van der Waals surface area contributed by atoms with Gasteiger partial charge in [0.25, 0.3) is 0 Å². The second-order valence-corrected chi connectivity index (χ2v) is 7.51. The van der Waals surface area contributed by atoms with Gasteiger partial charge < -0.3 is 9.84 Å². The van der Waals surface area contributed by atoms with Gasteiger partial charge in [0.2, 0.25) is 0 Å². The lowest BCUT2D eigenvalue weighted by Gasteiger charge is -2.41. The summed E-state index contributed by atoms with van der Waals surface area (Å²) in [5.41, 5.74) is 3.95. The predicted octanol–water partition coefficient (Wildman–Crippen LogP) is 3.42. The third kappa shape index (κ3) is 3.71. The van der Waals surface area contributed by atoms with Crippen molar-refractivity contribution < 1.29 is 9.84 Å². The molecule has 2 aliphatic heterocycles. The Labute approximate surface area is 156 Å². The van der Waals surface area contributed by atoms with E-state index in [1.165, 1.54) is 24.0 Å². The zero-order valence-electron chi connectivity index (χ0n) is 15.5. The molecule has 0 aliphatic carbocycles. The Morgan fingerprint density at radius 1 is 1.12 bits per heavy atom. The molecule has 1 atom stereocenters. The van der Waals surface area contributed by atoms with Crippen molar-refractivity contribution in [2.45, 2.75) is 38.4 Å². The van der Waals surface area contributed by atoms with E-state index in [0.717, 1.165) is 50.5 Å². The fraction of sp³-hybridized carbons (Fsp3) is 0.455. The molecule has 2 aromatic rings. The first-order chi connectivity index (χ1) is 12.7. The maximum absolute atomic E-state index is 10.2. The van der Waals surface area contributed by atoms with Crippen LogP contribution in [-0.2, 0) is 19.5 Å². The molecule has 0 aromatic heterocycles. The maximum atomic E-state index is 10.2. The lowest BCUT2D eigenvalue weighted by molar-refractivity contribution is 0.0834. The van der Waals surface area contributed by atoms with Crippen LogP contribution in [0.15, 0.2) is 42.5 Å². The maximum Gasteiger partial charge on any atom is 0.120 e. The SMILES string of the molecule is COc1ccc(O)c(CN2CCC[C@@H](N3CCc4ccccc4C3)C2)c1. The van der Waals surface area contributed by atoms with E-state index in [1.807, 2.05) is 12.1 Å². The molecule has 2 heterocycles. The summed E-state index contributed by atoms with van der Waals surface area (Å²) in [6.07, 6.45) is 3.64. The number of hydrogen-bond acceptors (Lipinski definition) is 4. The van der Waals surface area contributed by atoms with Crippen molar-refractivity contribution in [3.05, 3.63) is 59.2 Å². The number of hydrogen-bond donors (Lipinski definition) is 1. The Bertz CT molecular complexity index is 762. The Morgan fingerprint density at radius 3 is 2.81 bits per heavy atom. The normalized spacial score (nSPS) is 21.3. The summed E-state index contributed by atoms with van der Waals surface area (Å²) in [6, 6.07) is 14.9. The summed E-state index contributed by atoms with van der Waals surface area (Å²) in [5.74, 6) is 1.17. The average Bonchev–Trinajstić information content (AvgIpc) is 2.69. The van der Waals surface area contributed by atoms with Crippen LogP contribution in [0.2, 0.25) is 0 Å². The third-order valence-corrected chi connectivity index (χ3v) is 5.84. The lowest BCUT2D eigenvalue weighted by Crippen LogP contribution is -2.49. The first-order valence-electron chi connectivity index (χ1n) is 9.62. The fourth-order valence-electron chi connectivity index (χ4n) is 4.36. The van der Waals surface area contributed by atoms with Crippen LogP contribution in [0.5, 0.6) is 11.5 Å². The van der Waals surface area contributed by atoms with Gasteiger partial charge in [-0.3, -0.25) is 9.80 Å². The van der Waals surface area contributed by atoms with Crippen molar-refractivity contribution in [2.75, 3.05) is 26.7 Å². The molecule has 138 valence electrons. The van der Waals surface area contributed by atoms with Crippen molar-refractivity contribution in [3.63, 3.8) is 0 Å². The van der Waals surface area contributed by atoms with Crippen molar-refractivity contribution in [2.24, 2.45) is 0 Å². The van der Waals surface area contributed by atoms with Crippen molar-refractivity contribution >= 4 is 0 Å². The smallest absolute Gasteiger partial charge is 0.120 e. The number of ether oxygens (including phenoxy) is 1. The van der Waals surface area contributed by atoms with Crippen LogP contribution < -0.4 is 4.74 Å². The van der Waals surface area contributed by atoms with E-state index < -0.39 is 0 Å². The molecule has 4 rings (SSSR count). The number of aromatic hydroxyl groups is 1. The van der Waals surface area contributed by atoms with Gasteiger partial charge in [-0.25, -0.2) is 0 Å². The van der Waals surface area contributed by atoms with E-state index in [-0.39, 0.29) is 0 Å². The van der Waals surface area contributed by atoms with Crippen molar-refractivity contribution in [1.82, 2.24) is 9.80 Å². The number of fused-ring (bicyclic) bond motifs is 1. The van der Waals surface area contributed by atoms with E-state index in [4.69, 9.17) is 4.74 Å². The van der Waals surface area contributed by atoms with Gasteiger partial charge in [0.15, 0.2) is 0 Å². The van der Waals surface area contributed by atoms with Gasteiger partial charge in [-0.2, -0.15) is 0 Å². The Morgan fingerprint density at radius 2 is 1.96 bits per heavy atom. The minimum atomic E-state index is 0.361. The molecular formula is C22H28N2O2. The summed E-state index contributed by atoms with van der Waals surface area (Å²) in [4.78, 5) is 5.13. The number of methoxy groups -OCH3 is 1. The number of piperidine rings is 1. The van der Waals surface area contributed by atoms with Crippen LogP contribution in [0.3, 0.4) is 0 Å². The van der Waals surface area contributed by atoms with Crippen LogP contribution in [0.1, 0.15) is 29.5 Å². The highest BCUT2D eigenvalue weighted by Gasteiger charge is 2.28. The molecule has 4 heteroatoms. The first-order valence-corrected chi connectivity index (χ1v) is 9.62. The van der Waals surface area contributed by atoms with Gasteiger partial charge in [0.05, 0.1) is 7.11 Å². The third-order valence-electron chi connectivity index (χ3n) is 5.84. The van der Waals surface area contributed by atoms with E-state index in [0.29, 0.717) is 11.8 Å². The molecule has 1 fully saturated rings. The molecule has 0 spiro atoms. The van der Waals surface area contributed by atoms with E-state index in [9.17, 15) is 5.11 Å². The van der Waals surface area contributed by atoms with Crippen LogP contribution in [0, 0.1) is 0 Å². The number of nitrogens with zero attached hydrogens (tertiary/aromatic N) is 2. The van der Waals surface area contributed by atoms with Gasteiger partial charge in [-0.15, -0.1) is 0 Å². The van der Waals surface area contributed by atoms with Gasteiger partial charge in [0.1, 0.15) is 11.5 Å². The molecular weight excluding hydrogens is 324 g/mol. The van der Waals surface area contributed by atoms with E-state index in [1.54, 1.807) is 13.2 Å². The second kappa shape index (κ2) is 7.68. The topological polar surface area (TPSA) is 35.9 Å². The van der Waals surface area contributed by atoms with Gasteiger partial charge >= 0.3 is 0 Å². The minimum absolute atomic E-state index is 0.361. The largest absolute Gasteiger partial charge is 0.508 e. The summed E-state index contributed by atoms with van der Waals surface area (Å²) >= 11 is 0. The molecule has 2 aromatic carbocycles. The van der Waals surface area contributed by atoms with Crippen LogP contribution in [0.25, 0.3) is 0 Å². The molecule has 0 unspecified atom stereocenters. The molecule has 1 N–H and O–H groups in total. The molecule has 0 radical (unpaired) electrons. The number of phenolic OH excluding ortho intramolecular Hbond substituents is 1. The number of benzene rings is 2. The summed E-state index contributed by atoms with van der Waals surface area (Å²) < 4.78 is 5.31. The van der Waals surface area contributed by atoms with E-state index in [2.05, 4.69) is 34.1 Å². The molecule has 2 aliphatic rings. The quantitative estimate of drug-likeness (QED) is 0.915. The zero-order chi connectivity index (χ0) is 17.9. The standard InChI is InChI=1S/C22H28N2O2/c1-26-21-8-9-22(25)19(13-21)14-23-11-4-7-20(16-23)24-12-10-17-5-2-3-6-18(17)15-24/h2-3,5-6,8-9,13,20,25H,4,7,10-12,14-16H2,1H3/t20-/m1/s1. The first kappa shape index (κ1) is 17.4. The molecule has 1 saturated heterocycles. The van der Waals surface area contributed by atoms with Gasteiger partial charge in [-0.05, 0) is 55.1 Å². The number of likely N-dealkylation sites (tertiary alicyclic amines) is 1. The van der Waals surface area contributed by atoms with E-state index >= 15 is 0 Å². The summed E-state index contributed by atoms with van der Waals surface area (Å²) in [5, 5.41) is 10.2. The van der Waals surface area contributed by atoms with Crippen LogP contribution >= 0.6 is 0 Å².